The fraction of sp³-hybridized carbons (Fsp3) is 0.426. The minimum Gasteiger partial charge on any atom is -0.462 e. The predicted octanol–water partition coefficient (Wildman–Crippen LogP) is 1.01. The number of esters is 2. The number of ether oxygens (including phenoxy) is 8. The Bertz CT molecular complexity index is 3280. The second kappa shape index (κ2) is 24.0. The Morgan fingerprint density at radius 1 is 0.778 bits per heavy atom. The van der Waals surface area contributed by atoms with Crippen molar-refractivity contribution < 1.29 is 82.9 Å². The zero-order chi connectivity index (χ0) is 57.3. The summed E-state index contributed by atoms with van der Waals surface area (Å²) >= 11 is 11.2. The number of aliphatic hydroxyl groups excluding tert-OH is 6. The first-order valence-electron chi connectivity index (χ1n) is 26.1. The van der Waals surface area contributed by atoms with Crippen molar-refractivity contribution in [2.45, 2.75) is 120 Å². The van der Waals surface area contributed by atoms with Crippen molar-refractivity contribution in [3.05, 3.63) is 99.8 Å². The van der Waals surface area contributed by atoms with Crippen molar-refractivity contribution in [1.82, 2.24) is 25.5 Å². The quantitative estimate of drug-likeness (QED) is 0.0345. The Balaban J connectivity index is 0.789. The lowest BCUT2D eigenvalue weighted by Crippen LogP contribution is -2.54. The van der Waals surface area contributed by atoms with Crippen LogP contribution in [0.25, 0.3) is 22.3 Å². The van der Waals surface area contributed by atoms with Crippen LogP contribution in [0.1, 0.15) is 56.2 Å². The largest absolute Gasteiger partial charge is 0.462 e. The highest BCUT2D eigenvalue weighted by molar-refractivity contribution is 7.80. The van der Waals surface area contributed by atoms with Gasteiger partial charge in [0.2, 0.25) is 30.9 Å². The molecular formula is C54H59N7O18S2. The third-order valence-electron chi connectivity index (χ3n) is 14.4. The van der Waals surface area contributed by atoms with E-state index in [1.54, 1.807) is 72.2 Å². The zero-order valence-electron chi connectivity index (χ0n) is 43.6. The topological polar surface area (TPSA) is 341 Å². The number of nitrogens with zero attached hydrogens (tertiary/aromatic N) is 2. The van der Waals surface area contributed by atoms with Gasteiger partial charge in [0.1, 0.15) is 66.8 Å². The number of anilines is 2. The molecule has 0 aliphatic carbocycles. The van der Waals surface area contributed by atoms with E-state index in [-0.39, 0.29) is 68.0 Å². The monoisotopic (exact) mass is 1160 g/mol. The van der Waals surface area contributed by atoms with Gasteiger partial charge in [-0.1, -0.05) is 6.92 Å². The molecule has 1 amide bonds. The lowest BCUT2D eigenvalue weighted by molar-refractivity contribution is -0.242. The van der Waals surface area contributed by atoms with Gasteiger partial charge in [-0.15, -0.1) is 0 Å². The van der Waals surface area contributed by atoms with Gasteiger partial charge in [-0.05, 0) is 124 Å². The van der Waals surface area contributed by atoms with Crippen LogP contribution in [0, 0.1) is 0 Å². The fourth-order valence-corrected chi connectivity index (χ4v) is 10.4. The second-order valence-electron chi connectivity index (χ2n) is 19.9. The van der Waals surface area contributed by atoms with E-state index in [4.69, 9.17) is 67.3 Å². The Labute approximate surface area is 472 Å². The highest BCUT2D eigenvalue weighted by Crippen LogP contribution is 2.43. The smallest absolute Gasteiger partial charge is 0.355 e. The number of amides is 1. The molecule has 2 fully saturated rings. The molecule has 3 aromatic carbocycles. The van der Waals surface area contributed by atoms with E-state index in [2.05, 4.69) is 26.6 Å². The lowest BCUT2D eigenvalue weighted by atomic mass is 9.85. The van der Waals surface area contributed by atoms with Gasteiger partial charge >= 0.3 is 11.9 Å². The summed E-state index contributed by atoms with van der Waals surface area (Å²) in [6, 6.07) is 17.6. The number of hydrogen-bond acceptors (Lipinski definition) is 21. The number of hydrogen-bond donors (Lipinski definition) is 11. The molecule has 81 heavy (non-hydrogen) atoms. The van der Waals surface area contributed by atoms with Crippen molar-refractivity contribution >= 4 is 74.8 Å². The molecule has 10 rings (SSSR count). The Kier molecular flexibility index (Phi) is 16.9. The molecule has 25 nitrogen and oxygen atoms in total. The molecule has 27 heteroatoms. The maximum atomic E-state index is 14.2. The van der Waals surface area contributed by atoms with E-state index >= 15 is 0 Å². The van der Waals surface area contributed by atoms with E-state index in [1.165, 1.54) is 6.92 Å². The van der Waals surface area contributed by atoms with Gasteiger partial charge in [0, 0.05) is 40.5 Å². The third kappa shape index (κ3) is 12.0. The van der Waals surface area contributed by atoms with Crippen LogP contribution in [-0.4, -0.2) is 156 Å². The standard InChI is InChI=1S/C54H59N7O18S2/c1-3-54(33-18-36-41-27(20-61(36)47(69)32(33)21-74-51(54)71)16-26-17-39-40(76-24-75-39)19-35(26)59-41)79-48(70)25(2)56-46(68)34(60-53(81)58-29-9-13-31(14-10-29)78-50-45(67)43(65)38(63)23-73-50)6-4-5-15-55-52(80)57-28-7-11-30(12-8-28)77-49-44(66)42(64)37(62)22-72-49/h7-14,16-19,25,34,37-38,42-45,49-50,62-67H,3-6,15,20-24H2,1-2H3,(H,56,68)(H2,55,57,80)(H2,58,60,81)/t25?,34-,37+,38+,42+,43+,44?,45?,49+,50+,54?/m0/s1. The molecule has 0 saturated carbocycles. The molecule has 2 aromatic heterocycles. The number of pyridine rings is 2. The molecule has 0 spiro atoms. The number of rotatable bonds is 17. The van der Waals surface area contributed by atoms with E-state index in [0.29, 0.717) is 70.0 Å². The number of carbonyl (C=O) groups excluding carboxylic acids is 3. The molecule has 2 saturated heterocycles. The van der Waals surface area contributed by atoms with Gasteiger partial charge in [-0.2, -0.15) is 0 Å². The van der Waals surface area contributed by atoms with Gasteiger partial charge in [-0.25, -0.2) is 14.6 Å². The number of benzene rings is 3. The van der Waals surface area contributed by atoms with Crippen LogP contribution < -0.4 is 51.1 Å². The number of nitrogens with one attached hydrogen (secondary N) is 5. The maximum Gasteiger partial charge on any atom is 0.355 e. The Morgan fingerprint density at radius 2 is 1.38 bits per heavy atom. The SMILES string of the molecule is CCC1(OC(=O)C(C)NC(=O)[C@H](CCCCNC(=S)Nc2ccc(O[C@H]3OC[C@@H](O)[C@@H](O)C3O)cc2)NC(=S)Nc2ccc(O[C@H]3OC[C@@H](O)[C@@H](O)C3O)cc2)C(=O)OCc2c1cc1n(c2=O)Cc2cc3cc4c(cc3nc2-1)OCO4. The summed E-state index contributed by atoms with van der Waals surface area (Å²) in [6.45, 7) is 2.87. The average molecular weight is 1160 g/mol. The molecule has 0 bridgehead atoms. The number of aliphatic hydroxyl groups is 6. The molecule has 5 aliphatic rings. The summed E-state index contributed by atoms with van der Waals surface area (Å²) in [4.78, 5) is 61.5. The average Bonchev–Trinajstić information content (AvgIpc) is 3.02. The summed E-state index contributed by atoms with van der Waals surface area (Å²) in [5.41, 5.74) is 1.14. The summed E-state index contributed by atoms with van der Waals surface area (Å²) in [7, 11) is 0. The molecule has 430 valence electrons. The molecule has 4 unspecified atom stereocenters. The molecular weight excluding hydrogens is 1100 g/mol. The van der Waals surface area contributed by atoms with Gasteiger partial charge in [0.05, 0.1) is 42.2 Å². The van der Waals surface area contributed by atoms with Crippen LogP contribution in [0.15, 0.2) is 77.6 Å². The summed E-state index contributed by atoms with van der Waals surface area (Å²) in [5.74, 6) is -0.803. The first-order chi connectivity index (χ1) is 38.9. The van der Waals surface area contributed by atoms with Crippen LogP contribution in [0.2, 0.25) is 0 Å². The molecule has 5 aromatic rings. The fourth-order valence-electron chi connectivity index (χ4n) is 9.88. The summed E-state index contributed by atoms with van der Waals surface area (Å²) in [6.07, 6.45) is -9.78. The minimum atomic E-state index is -2.06. The number of carbonyl (C=O) groups is 3. The predicted molar refractivity (Wildman–Crippen MR) is 293 cm³/mol. The first-order valence-corrected chi connectivity index (χ1v) is 26.9. The third-order valence-corrected chi connectivity index (χ3v) is 14.9. The zero-order valence-corrected chi connectivity index (χ0v) is 45.2. The van der Waals surface area contributed by atoms with E-state index in [0.717, 1.165) is 10.9 Å². The Morgan fingerprint density at radius 3 is 2.00 bits per heavy atom. The van der Waals surface area contributed by atoms with Crippen molar-refractivity contribution in [3.63, 3.8) is 0 Å². The summed E-state index contributed by atoms with van der Waals surface area (Å²) in [5, 5.41) is 76.1. The van der Waals surface area contributed by atoms with Crippen molar-refractivity contribution in [3.8, 4) is 34.4 Å². The highest BCUT2D eigenvalue weighted by Gasteiger charge is 2.51. The van der Waals surface area contributed by atoms with Crippen LogP contribution >= 0.6 is 24.4 Å². The summed E-state index contributed by atoms with van der Waals surface area (Å²) < 4.78 is 46.3. The van der Waals surface area contributed by atoms with Crippen LogP contribution in [0.4, 0.5) is 11.4 Å². The molecule has 11 atom stereocenters. The van der Waals surface area contributed by atoms with Gasteiger partial charge in [0.25, 0.3) is 5.56 Å². The van der Waals surface area contributed by atoms with Gasteiger partial charge in [0.15, 0.2) is 21.7 Å². The van der Waals surface area contributed by atoms with Crippen LogP contribution in [-0.2, 0) is 52.1 Å². The maximum absolute atomic E-state index is 14.2. The van der Waals surface area contributed by atoms with E-state index < -0.39 is 90.3 Å². The molecule has 0 radical (unpaired) electrons. The van der Waals surface area contributed by atoms with Crippen LogP contribution in [0.3, 0.4) is 0 Å². The minimum absolute atomic E-state index is 0.0292. The molecule has 5 aliphatic heterocycles. The molecule has 7 heterocycles. The second-order valence-corrected chi connectivity index (χ2v) is 20.7. The van der Waals surface area contributed by atoms with Gasteiger partial charge < -0.3 is 99.7 Å². The number of unbranched alkanes of at least 4 members (excludes halogenated alkanes) is 1. The van der Waals surface area contributed by atoms with Crippen LogP contribution in [0.5, 0.6) is 23.0 Å². The number of fused-ring (bicyclic) bond motifs is 6. The number of thiocarbonyl (C=S) groups is 2. The van der Waals surface area contributed by atoms with Crippen molar-refractivity contribution in [2.24, 2.45) is 0 Å². The lowest BCUT2D eigenvalue weighted by Gasteiger charge is -2.36. The van der Waals surface area contributed by atoms with Crippen molar-refractivity contribution in [1.29, 1.82) is 0 Å². The normalized spacial score (nSPS) is 25.0. The Hall–Kier alpha value is -7.31. The van der Waals surface area contributed by atoms with Crippen molar-refractivity contribution in [2.75, 3.05) is 37.2 Å². The highest BCUT2D eigenvalue weighted by atomic mass is 32.1. The number of cyclic esters (lactones) is 1. The first kappa shape index (κ1) is 56.9. The van der Waals surface area contributed by atoms with E-state index in [9.17, 15) is 49.8 Å². The number of aromatic nitrogens is 2. The van der Waals surface area contributed by atoms with E-state index in [1.807, 2.05) is 12.1 Å². The van der Waals surface area contributed by atoms with Gasteiger partial charge in [-0.3, -0.25) is 9.59 Å². The molecule has 11 N–H and O–H groups in total.